The Morgan fingerprint density at radius 2 is 1.81 bits per heavy atom. The van der Waals surface area contributed by atoms with E-state index in [4.69, 9.17) is 0 Å². The number of carbonyl (C=O) groups is 2. The molecule has 1 fully saturated rings. The van der Waals surface area contributed by atoms with Gasteiger partial charge in [-0.25, -0.2) is 8.42 Å². The van der Waals surface area contributed by atoms with Crippen LogP contribution in [0.2, 0.25) is 0 Å². The lowest BCUT2D eigenvalue weighted by Crippen LogP contribution is -2.29. The molecule has 0 radical (unpaired) electrons. The molecule has 6 nitrogen and oxygen atoms in total. The molecule has 0 bridgehead atoms. The summed E-state index contributed by atoms with van der Waals surface area (Å²) in [6, 6.07) is 12.0. The maximum absolute atomic E-state index is 12.4. The number of anilines is 2. The van der Waals surface area contributed by atoms with Crippen molar-refractivity contribution in [1.29, 1.82) is 0 Å². The van der Waals surface area contributed by atoms with Crippen LogP contribution in [0.4, 0.5) is 11.4 Å². The van der Waals surface area contributed by atoms with E-state index in [2.05, 4.69) is 10.6 Å². The third kappa shape index (κ3) is 3.10. The standard InChI is InChI=1S/C19H18N2O4S/c22-18-11-26(24,25)17-10-15(8-9-16(17)21-18)20-19(23)14-6-4-13(5-7-14)12-2-1-3-12/h4-10,12H,1-3,11H2,(H,20,23)(H,21,22). The van der Waals surface area contributed by atoms with E-state index in [0.29, 0.717) is 17.2 Å². The summed E-state index contributed by atoms with van der Waals surface area (Å²) >= 11 is 0. The summed E-state index contributed by atoms with van der Waals surface area (Å²) in [4.78, 5) is 23.9. The number of nitrogens with one attached hydrogen (secondary N) is 2. The van der Waals surface area contributed by atoms with Crippen molar-refractivity contribution < 1.29 is 18.0 Å². The highest BCUT2D eigenvalue weighted by Crippen LogP contribution is 2.36. The fraction of sp³-hybridized carbons (Fsp3) is 0.263. The van der Waals surface area contributed by atoms with Crippen LogP contribution in [-0.2, 0) is 14.6 Å². The largest absolute Gasteiger partial charge is 0.324 e. The molecule has 2 aromatic rings. The Labute approximate surface area is 151 Å². The van der Waals surface area contributed by atoms with E-state index in [1.807, 2.05) is 12.1 Å². The van der Waals surface area contributed by atoms with Crippen molar-refractivity contribution in [3.63, 3.8) is 0 Å². The van der Waals surface area contributed by atoms with Gasteiger partial charge in [-0.1, -0.05) is 18.6 Å². The van der Waals surface area contributed by atoms with Gasteiger partial charge in [0.2, 0.25) is 5.91 Å². The molecule has 2 aromatic carbocycles. The third-order valence-corrected chi connectivity index (χ3v) is 6.57. The van der Waals surface area contributed by atoms with Crippen LogP contribution in [0.1, 0.15) is 41.1 Å². The SMILES string of the molecule is O=C1CS(=O)(=O)c2cc(NC(=O)c3ccc(C4CCC4)cc3)ccc2N1. The van der Waals surface area contributed by atoms with Crippen LogP contribution in [0.3, 0.4) is 0 Å². The highest BCUT2D eigenvalue weighted by atomic mass is 32.2. The zero-order valence-electron chi connectivity index (χ0n) is 14.0. The van der Waals surface area contributed by atoms with Crippen LogP contribution >= 0.6 is 0 Å². The normalized spacial score (nSPS) is 18.4. The lowest BCUT2D eigenvalue weighted by Gasteiger charge is -2.25. The smallest absolute Gasteiger partial charge is 0.255 e. The predicted molar refractivity (Wildman–Crippen MR) is 98.1 cm³/mol. The van der Waals surface area contributed by atoms with Gasteiger partial charge in [0.05, 0.1) is 10.6 Å². The Morgan fingerprint density at radius 1 is 1.08 bits per heavy atom. The monoisotopic (exact) mass is 370 g/mol. The number of hydrogen-bond acceptors (Lipinski definition) is 4. The first kappa shape index (κ1) is 16.8. The molecule has 4 rings (SSSR count). The third-order valence-electron chi connectivity index (χ3n) is 4.92. The molecule has 2 amide bonds. The molecule has 134 valence electrons. The van der Waals surface area contributed by atoms with Crippen LogP contribution in [0.25, 0.3) is 0 Å². The van der Waals surface area contributed by atoms with Gasteiger partial charge in [-0.3, -0.25) is 9.59 Å². The van der Waals surface area contributed by atoms with Crippen LogP contribution in [0.5, 0.6) is 0 Å². The van der Waals surface area contributed by atoms with Crippen LogP contribution in [-0.4, -0.2) is 26.0 Å². The Morgan fingerprint density at radius 3 is 2.46 bits per heavy atom. The zero-order chi connectivity index (χ0) is 18.3. The molecule has 0 unspecified atom stereocenters. The topological polar surface area (TPSA) is 92.3 Å². The van der Waals surface area contributed by atoms with Crippen molar-refractivity contribution in [2.24, 2.45) is 0 Å². The van der Waals surface area contributed by atoms with E-state index in [1.54, 1.807) is 18.2 Å². The first-order chi connectivity index (χ1) is 12.4. The molecular formula is C19H18N2O4S. The Balaban J connectivity index is 1.54. The van der Waals surface area contributed by atoms with Crippen LogP contribution in [0.15, 0.2) is 47.4 Å². The minimum Gasteiger partial charge on any atom is -0.324 e. The zero-order valence-corrected chi connectivity index (χ0v) is 14.8. The number of hydrogen-bond donors (Lipinski definition) is 2. The number of rotatable bonds is 3. The molecule has 7 heteroatoms. The summed E-state index contributed by atoms with van der Waals surface area (Å²) in [7, 11) is -3.69. The van der Waals surface area contributed by atoms with Gasteiger partial charge in [-0.15, -0.1) is 0 Å². The van der Waals surface area contributed by atoms with Crippen molar-refractivity contribution in [3.05, 3.63) is 53.6 Å². The minimum absolute atomic E-state index is 0.0234. The summed E-state index contributed by atoms with van der Waals surface area (Å²) < 4.78 is 24.3. The number of sulfone groups is 1. The summed E-state index contributed by atoms with van der Waals surface area (Å²) in [5.41, 5.74) is 2.38. The molecule has 2 aliphatic rings. The maximum Gasteiger partial charge on any atom is 0.255 e. The number of carbonyl (C=O) groups excluding carboxylic acids is 2. The highest BCUT2D eigenvalue weighted by Gasteiger charge is 2.29. The van der Waals surface area contributed by atoms with Crippen molar-refractivity contribution >= 4 is 33.0 Å². The van der Waals surface area contributed by atoms with Gasteiger partial charge in [-0.2, -0.15) is 0 Å². The van der Waals surface area contributed by atoms with E-state index in [0.717, 1.165) is 0 Å². The van der Waals surface area contributed by atoms with Gasteiger partial charge < -0.3 is 10.6 Å². The molecule has 2 N–H and O–H groups in total. The first-order valence-corrected chi connectivity index (χ1v) is 10.2. The van der Waals surface area contributed by atoms with E-state index in [-0.39, 0.29) is 16.5 Å². The average Bonchev–Trinajstić information content (AvgIpc) is 2.54. The summed E-state index contributed by atoms with van der Waals surface area (Å²) in [5.74, 6) is -0.837. The molecule has 1 saturated carbocycles. The first-order valence-electron chi connectivity index (χ1n) is 8.50. The molecule has 1 aliphatic heterocycles. The summed E-state index contributed by atoms with van der Waals surface area (Å²) in [5, 5.41) is 5.24. The van der Waals surface area contributed by atoms with Crippen molar-refractivity contribution in [2.75, 3.05) is 16.4 Å². The van der Waals surface area contributed by atoms with Gasteiger partial charge >= 0.3 is 0 Å². The van der Waals surface area contributed by atoms with Crippen molar-refractivity contribution in [3.8, 4) is 0 Å². The van der Waals surface area contributed by atoms with Gasteiger partial charge in [0.15, 0.2) is 9.84 Å². The molecule has 0 atom stereocenters. The molecule has 0 spiro atoms. The van der Waals surface area contributed by atoms with Gasteiger partial charge in [-0.05, 0) is 54.7 Å². The van der Waals surface area contributed by atoms with Gasteiger partial charge in [0, 0.05) is 11.3 Å². The Kier molecular flexibility index (Phi) is 4.03. The second-order valence-corrected chi connectivity index (χ2v) is 8.68. The fourth-order valence-corrected chi connectivity index (χ4v) is 4.58. The van der Waals surface area contributed by atoms with Crippen molar-refractivity contribution in [2.45, 2.75) is 30.1 Å². The highest BCUT2D eigenvalue weighted by molar-refractivity contribution is 7.92. The number of fused-ring (bicyclic) bond motifs is 1. The second-order valence-electron chi connectivity index (χ2n) is 6.72. The van der Waals surface area contributed by atoms with Crippen LogP contribution in [0, 0.1) is 0 Å². The van der Waals surface area contributed by atoms with E-state index in [9.17, 15) is 18.0 Å². The van der Waals surface area contributed by atoms with E-state index < -0.39 is 21.5 Å². The van der Waals surface area contributed by atoms with Crippen LogP contribution < -0.4 is 10.6 Å². The molecular weight excluding hydrogens is 352 g/mol. The van der Waals surface area contributed by atoms with E-state index >= 15 is 0 Å². The Hall–Kier alpha value is -2.67. The quantitative estimate of drug-likeness (QED) is 0.869. The maximum atomic E-state index is 12.4. The Bertz CT molecular complexity index is 993. The molecule has 1 aliphatic carbocycles. The summed E-state index contributed by atoms with van der Waals surface area (Å²) in [6.45, 7) is 0. The minimum atomic E-state index is -3.69. The molecule has 0 saturated heterocycles. The van der Waals surface area contributed by atoms with Gasteiger partial charge in [0.1, 0.15) is 5.75 Å². The predicted octanol–water partition coefficient (Wildman–Crippen LogP) is 2.93. The lowest BCUT2D eigenvalue weighted by molar-refractivity contribution is -0.114. The van der Waals surface area contributed by atoms with Crippen molar-refractivity contribution in [1.82, 2.24) is 0 Å². The molecule has 0 aromatic heterocycles. The van der Waals surface area contributed by atoms with Gasteiger partial charge in [0.25, 0.3) is 5.91 Å². The lowest BCUT2D eigenvalue weighted by atomic mass is 9.80. The number of benzene rings is 2. The van der Waals surface area contributed by atoms with E-state index in [1.165, 1.54) is 37.0 Å². The second kappa shape index (κ2) is 6.25. The fourth-order valence-electron chi connectivity index (χ4n) is 3.25. The summed E-state index contributed by atoms with van der Waals surface area (Å²) in [6.07, 6.45) is 3.66. The molecule has 1 heterocycles. The molecule has 26 heavy (non-hydrogen) atoms. The average molecular weight is 370 g/mol. The number of amides is 2.